The number of tetrazole rings is 1. The molecule has 2 atom stereocenters. The zero-order valence-corrected chi connectivity index (χ0v) is 12.8. The summed E-state index contributed by atoms with van der Waals surface area (Å²) in [6.07, 6.45) is 6.06. The van der Waals surface area contributed by atoms with E-state index in [0.29, 0.717) is 17.3 Å². The second kappa shape index (κ2) is 6.87. The number of ether oxygens (including phenoxy) is 1. The fraction of sp³-hybridized carbons (Fsp3) is 0.923. The van der Waals surface area contributed by atoms with Crippen LogP contribution in [0.15, 0.2) is 5.16 Å². The van der Waals surface area contributed by atoms with Crippen molar-refractivity contribution >= 4 is 11.8 Å². The largest absolute Gasteiger partial charge is 0.380 e. The lowest BCUT2D eigenvalue weighted by atomic mass is 10.1. The predicted octanol–water partition coefficient (Wildman–Crippen LogP) is 1.65. The molecule has 2 fully saturated rings. The summed E-state index contributed by atoms with van der Waals surface area (Å²) in [5, 5.41) is 17.2. The number of hydrogen-bond donors (Lipinski definition) is 1. The van der Waals surface area contributed by atoms with E-state index in [-0.39, 0.29) is 0 Å². The van der Waals surface area contributed by atoms with Crippen LogP contribution in [0.3, 0.4) is 0 Å². The maximum atomic E-state index is 5.63. The van der Waals surface area contributed by atoms with Crippen molar-refractivity contribution in [3.63, 3.8) is 0 Å². The van der Waals surface area contributed by atoms with Crippen LogP contribution in [0.4, 0.5) is 0 Å². The van der Waals surface area contributed by atoms with E-state index in [1.54, 1.807) is 11.8 Å². The van der Waals surface area contributed by atoms with Gasteiger partial charge < -0.3 is 10.1 Å². The molecule has 1 aromatic heterocycles. The Hall–Kier alpha value is -0.660. The van der Waals surface area contributed by atoms with Crippen molar-refractivity contribution in [1.82, 2.24) is 25.5 Å². The summed E-state index contributed by atoms with van der Waals surface area (Å²) in [5.74, 6) is 0. The van der Waals surface area contributed by atoms with Crippen LogP contribution in [0, 0.1) is 0 Å². The van der Waals surface area contributed by atoms with Gasteiger partial charge in [0.05, 0.1) is 17.9 Å². The first-order valence-electron chi connectivity index (χ1n) is 7.64. The van der Waals surface area contributed by atoms with E-state index in [9.17, 15) is 0 Å². The summed E-state index contributed by atoms with van der Waals surface area (Å²) < 4.78 is 7.67. The first-order valence-corrected chi connectivity index (χ1v) is 8.52. The highest BCUT2D eigenvalue weighted by atomic mass is 32.2. The molecular formula is C13H23N5OS. The third-order valence-electron chi connectivity index (χ3n) is 4.16. The molecule has 1 aliphatic heterocycles. The average molecular weight is 297 g/mol. The van der Waals surface area contributed by atoms with E-state index in [1.807, 2.05) is 4.68 Å². The Kier molecular flexibility index (Phi) is 4.90. The average Bonchev–Trinajstić information content (AvgIpc) is 3.11. The van der Waals surface area contributed by atoms with Gasteiger partial charge in [0.25, 0.3) is 0 Å². The van der Waals surface area contributed by atoms with Gasteiger partial charge in [-0.05, 0) is 36.2 Å². The number of nitrogens with zero attached hydrogens (tertiary/aromatic N) is 4. The predicted molar refractivity (Wildman–Crippen MR) is 77.9 cm³/mol. The molecule has 112 valence electrons. The summed E-state index contributed by atoms with van der Waals surface area (Å²) in [6.45, 7) is 4.78. The minimum atomic E-state index is 0.398. The molecule has 20 heavy (non-hydrogen) atoms. The summed E-state index contributed by atoms with van der Waals surface area (Å²) in [6, 6.07) is 0.988. The van der Waals surface area contributed by atoms with Crippen LogP contribution in [0.5, 0.6) is 0 Å². The standard InChI is InChI=1S/C13H23N5OS/c1-2-14-11-7-8-19-9-12(11)20-13-15-16-17-18(13)10-5-3-4-6-10/h10-12,14H,2-9H2,1H3. The van der Waals surface area contributed by atoms with Crippen LogP contribution >= 0.6 is 11.8 Å². The Morgan fingerprint density at radius 3 is 3.00 bits per heavy atom. The van der Waals surface area contributed by atoms with E-state index in [0.717, 1.165) is 31.3 Å². The second-order valence-electron chi connectivity index (χ2n) is 5.53. The minimum Gasteiger partial charge on any atom is -0.380 e. The number of rotatable bonds is 5. The van der Waals surface area contributed by atoms with Crippen molar-refractivity contribution in [3.8, 4) is 0 Å². The Balaban J connectivity index is 1.68. The summed E-state index contributed by atoms with van der Waals surface area (Å²) in [5.41, 5.74) is 0. The molecule has 2 unspecified atom stereocenters. The van der Waals surface area contributed by atoms with E-state index in [2.05, 4.69) is 27.8 Å². The highest BCUT2D eigenvalue weighted by Crippen LogP contribution is 2.34. The zero-order chi connectivity index (χ0) is 13.8. The van der Waals surface area contributed by atoms with E-state index in [4.69, 9.17) is 4.74 Å². The highest BCUT2D eigenvalue weighted by molar-refractivity contribution is 7.99. The molecule has 0 aromatic carbocycles. The monoisotopic (exact) mass is 297 g/mol. The van der Waals surface area contributed by atoms with E-state index >= 15 is 0 Å². The quantitative estimate of drug-likeness (QED) is 0.891. The van der Waals surface area contributed by atoms with E-state index < -0.39 is 0 Å². The van der Waals surface area contributed by atoms with Gasteiger partial charge in [0.2, 0.25) is 5.16 Å². The first kappa shape index (κ1) is 14.3. The van der Waals surface area contributed by atoms with Crippen molar-refractivity contribution in [3.05, 3.63) is 0 Å². The van der Waals surface area contributed by atoms with Gasteiger partial charge in [0.1, 0.15) is 0 Å². The van der Waals surface area contributed by atoms with E-state index in [1.165, 1.54) is 25.7 Å². The van der Waals surface area contributed by atoms with Crippen LogP contribution in [0.2, 0.25) is 0 Å². The van der Waals surface area contributed by atoms with Gasteiger partial charge in [-0.1, -0.05) is 31.5 Å². The molecule has 0 spiro atoms. The SMILES string of the molecule is CCNC1CCOCC1Sc1nnnn1C1CCCC1. The maximum Gasteiger partial charge on any atom is 0.209 e. The van der Waals surface area contributed by atoms with Crippen molar-refractivity contribution < 1.29 is 4.74 Å². The third-order valence-corrected chi connectivity index (χ3v) is 5.41. The normalized spacial score (nSPS) is 28.1. The molecule has 6 nitrogen and oxygen atoms in total. The molecule has 2 aliphatic rings. The third kappa shape index (κ3) is 3.15. The Morgan fingerprint density at radius 2 is 2.20 bits per heavy atom. The van der Waals surface area contributed by atoms with Crippen LogP contribution in [0.25, 0.3) is 0 Å². The molecule has 1 saturated carbocycles. The lowest BCUT2D eigenvalue weighted by Gasteiger charge is -2.31. The molecule has 0 radical (unpaired) electrons. The lowest BCUT2D eigenvalue weighted by Crippen LogP contribution is -2.44. The number of aromatic nitrogens is 4. The number of thioether (sulfide) groups is 1. The second-order valence-corrected chi connectivity index (χ2v) is 6.73. The minimum absolute atomic E-state index is 0.398. The summed E-state index contributed by atoms with van der Waals surface area (Å²) >= 11 is 1.77. The fourth-order valence-corrected chi connectivity index (χ4v) is 4.31. The molecule has 1 aliphatic carbocycles. The fourth-order valence-electron chi connectivity index (χ4n) is 3.10. The summed E-state index contributed by atoms with van der Waals surface area (Å²) in [4.78, 5) is 0. The van der Waals surface area contributed by atoms with Gasteiger partial charge in [0, 0.05) is 12.6 Å². The van der Waals surface area contributed by atoms with Crippen molar-refractivity contribution in [2.45, 2.75) is 61.5 Å². The van der Waals surface area contributed by atoms with Crippen LogP contribution < -0.4 is 5.32 Å². The Morgan fingerprint density at radius 1 is 1.35 bits per heavy atom. The van der Waals surface area contributed by atoms with Crippen molar-refractivity contribution in [1.29, 1.82) is 0 Å². The van der Waals surface area contributed by atoms with Gasteiger partial charge in [-0.2, -0.15) is 0 Å². The van der Waals surface area contributed by atoms with Crippen LogP contribution in [-0.2, 0) is 4.74 Å². The number of nitrogens with one attached hydrogen (secondary N) is 1. The molecule has 0 bridgehead atoms. The lowest BCUT2D eigenvalue weighted by molar-refractivity contribution is 0.0835. The number of hydrogen-bond acceptors (Lipinski definition) is 6. The van der Waals surface area contributed by atoms with Gasteiger partial charge in [-0.25, -0.2) is 4.68 Å². The van der Waals surface area contributed by atoms with Crippen LogP contribution in [0.1, 0.15) is 45.1 Å². The van der Waals surface area contributed by atoms with Gasteiger partial charge in [0.15, 0.2) is 0 Å². The molecule has 1 saturated heterocycles. The zero-order valence-electron chi connectivity index (χ0n) is 12.0. The molecule has 3 rings (SSSR count). The maximum absolute atomic E-state index is 5.63. The smallest absolute Gasteiger partial charge is 0.209 e. The molecule has 1 aromatic rings. The topological polar surface area (TPSA) is 64.9 Å². The first-order chi connectivity index (χ1) is 9.88. The van der Waals surface area contributed by atoms with Crippen LogP contribution in [-0.4, -0.2) is 51.3 Å². The van der Waals surface area contributed by atoms with Gasteiger partial charge in [-0.3, -0.25) is 0 Å². The Labute approximate surface area is 124 Å². The molecule has 2 heterocycles. The van der Waals surface area contributed by atoms with Crippen molar-refractivity contribution in [2.75, 3.05) is 19.8 Å². The van der Waals surface area contributed by atoms with Gasteiger partial charge >= 0.3 is 0 Å². The van der Waals surface area contributed by atoms with Crippen molar-refractivity contribution in [2.24, 2.45) is 0 Å². The molecule has 7 heteroatoms. The molecule has 1 N–H and O–H groups in total. The molecular weight excluding hydrogens is 274 g/mol. The Bertz CT molecular complexity index is 419. The summed E-state index contributed by atoms with van der Waals surface area (Å²) in [7, 11) is 0. The molecule has 0 amide bonds. The highest BCUT2D eigenvalue weighted by Gasteiger charge is 2.29. The van der Waals surface area contributed by atoms with Gasteiger partial charge in [-0.15, -0.1) is 5.10 Å².